The number of rotatable bonds is 4. The van der Waals surface area contributed by atoms with Crippen LogP contribution in [0.2, 0.25) is 5.02 Å². The van der Waals surface area contributed by atoms with Gasteiger partial charge in [-0.3, -0.25) is 0 Å². The minimum atomic E-state index is -0.828. The lowest BCUT2D eigenvalue weighted by atomic mass is 10.0. The summed E-state index contributed by atoms with van der Waals surface area (Å²) in [5.41, 5.74) is 1.34. The maximum absolute atomic E-state index is 10.5. The summed E-state index contributed by atoms with van der Waals surface area (Å²) in [7, 11) is 3.15. The SMILES string of the molecule is COc1ccc(C(O)c2cc(Cl)cc(Br)c2OC)cc1. The molecule has 0 spiro atoms. The minimum absolute atomic E-state index is 0.528. The van der Waals surface area contributed by atoms with Gasteiger partial charge in [-0.25, -0.2) is 0 Å². The number of benzene rings is 2. The van der Waals surface area contributed by atoms with E-state index in [4.69, 9.17) is 21.1 Å². The van der Waals surface area contributed by atoms with Gasteiger partial charge >= 0.3 is 0 Å². The predicted octanol–water partition coefficient (Wildman–Crippen LogP) is 4.20. The van der Waals surface area contributed by atoms with Crippen LogP contribution in [0.25, 0.3) is 0 Å². The van der Waals surface area contributed by atoms with Crippen molar-refractivity contribution in [2.75, 3.05) is 14.2 Å². The molecule has 3 nitrogen and oxygen atoms in total. The minimum Gasteiger partial charge on any atom is -0.497 e. The second-order valence-corrected chi connectivity index (χ2v) is 5.48. The fourth-order valence-electron chi connectivity index (χ4n) is 1.96. The maximum Gasteiger partial charge on any atom is 0.139 e. The van der Waals surface area contributed by atoms with E-state index in [1.54, 1.807) is 50.6 Å². The molecule has 0 fully saturated rings. The van der Waals surface area contributed by atoms with Crippen molar-refractivity contribution in [3.63, 3.8) is 0 Å². The first-order chi connectivity index (χ1) is 9.56. The molecule has 2 rings (SSSR count). The zero-order chi connectivity index (χ0) is 14.7. The van der Waals surface area contributed by atoms with Crippen LogP contribution in [0, 0.1) is 0 Å². The van der Waals surface area contributed by atoms with Crippen molar-refractivity contribution in [1.29, 1.82) is 0 Å². The van der Waals surface area contributed by atoms with E-state index >= 15 is 0 Å². The van der Waals surface area contributed by atoms with Gasteiger partial charge in [0.1, 0.15) is 17.6 Å². The van der Waals surface area contributed by atoms with E-state index in [9.17, 15) is 5.11 Å². The lowest BCUT2D eigenvalue weighted by molar-refractivity contribution is 0.214. The van der Waals surface area contributed by atoms with E-state index in [1.807, 2.05) is 0 Å². The molecule has 1 unspecified atom stereocenters. The molecule has 1 N–H and O–H groups in total. The van der Waals surface area contributed by atoms with Crippen LogP contribution >= 0.6 is 27.5 Å². The van der Waals surface area contributed by atoms with E-state index in [1.165, 1.54) is 0 Å². The van der Waals surface area contributed by atoms with Gasteiger partial charge in [-0.05, 0) is 45.8 Å². The first-order valence-electron chi connectivity index (χ1n) is 5.91. The van der Waals surface area contributed by atoms with Gasteiger partial charge in [0.15, 0.2) is 0 Å². The van der Waals surface area contributed by atoms with Crippen LogP contribution in [0.5, 0.6) is 11.5 Å². The van der Waals surface area contributed by atoms with Crippen molar-refractivity contribution in [2.24, 2.45) is 0 Å². The topological polar surface area (TPSA) is 38.7 Å². The molecule has 0 aliphatic carbocycles. The van der Waals surface area contributed by atoms with Crippen molar-refractivity contribution in [2.45, 2.75) is 6.10 Å². The highest BCUT2D eigenvalue weighted by Gasteiger charge is 2.18. The highest BCUT2D eigenvalue weighted by molar-refractivity contribution is 9.10. The van der Waals surface area contributed by atoms with E-state index < -0.39 is 6.10 Å². The third-order valence-corrected chi connectivity index (χ3v) is 3.77. The summed E-state index contributed by atoms with van der Waals surface area (Å²) < 4.78 is 11.1. The van der Waals surface area contributed by atoms with Crippen LogP contribution in [0.3, 0.4) is 0 Å². The third-order valence-electron chi connectivity index (χ3n) is 2.97. The molecule has 0 saturated carbocycles. The number of halogens is 2. The van der Waals surface area contributed by atoms with Gasteiger partial charge in [0.25, 0.3) is 0 Å². The molecule has 106 valence electrons. The number of methoxy groups -OCH3 is 2. The summed E-state index contributed by atoms with van der Waals surface area (Å²) in [6.07, 6.45) is -0.828. The van der Waals surface area contributed by atoms with Crippen molar-refractivity contribution >= 4 is 27.5 Å². The van der Waals surface area contributed by atoms with Gasteiger partial charge in [-0.2, -0.15) is 0 Å². The van der Waals surface area contributed by atoms with Gasteiger partial charge in [0.2, 0.25) is 0 Å². The fourth-order valence-corrected chi connectivity index (χ4v) is 2.96. The number of hydrogen-bond donors (Lipinski definition) is 1. The molecule has 0 heterocycles. The van der Waals surface area contributed by atoms with Crippen LogP contribution in [0.15, 0.2) is 40.9 Å². The summed E-state index contributed by atoms with van der Waals surface area (Å²) >= 11 is 9.42. The Kier molecular flexibility index (Phi) is 4.91. The zero-order valence-electron chi connectivity index (χ0n) is 11.1. The Balaban J connectivity index is 2.43. The monoisotopic (exact) mass is 356 g/mol. The second-order valence-electron chi connectivity index (χ2n) is 4.19. The Bertz CT molecular complexity index is 599. The summed E-state index contributed by atoms with van der Waals surface area (Å²) in [6, 6.07) is 10.6. The summed E-state index contributed by atoms with van der Waals surface area (Å²) in [5, 5.41) is 11.0. The van der Waals surface area contributed by atoms with Gasteiger partial charge in [0, 0.05) is 10.6 Å². The molecule has 0 amide bonds. The zero-order valence-corrected chi connectivity index (χ0v) is 13.4. The molecule has 2 aromatic rings. The summed E-state index contributed by atoms with van der Waals surface area (Å²) in [4.78, 5) is 0. The number of ether oxygens (including phenoxy) is 2. The average Bonchev–Trinajstić information content (AvgIpc) is 2.46. The van der Waals surface area contributed by atoms with Crippen molar-refractivity contribution in [3.8, 4) is 11.5 Å². The standard InChI is InChI=1S/C15H14BrClO3/c1-19-11-5-3-9(4-6-11)14(18)12-7-10(17)8-13(16)15(12)20-2/h3-8,14,18H,1-2H3. The quantitative estimate of drug-likeness (QED) is 0.891. The Morgan fingerprint density at radius 3 is 2.30 bits per heavy atom. The van der Waals surface area contributed by atoms with Crippen LogP contribution < -0.4 is 9.47 Å². The molecule has 5 heteroatoms. The molecule has 0 bridgehead atoms. The molecule has 1 atom stereocenters. The first kappa shape index (κ1) is 15.2. The van der Waals surface area contributed by atoms with E-state index in [-0.39, 0.29) is 0 Å². The van der Waals surface area contributed by atoms with E-state index in [0.29, 0.717) is 20.8 Å². The normalized spacial score (nSPS) is 12.1. The highest BCUT2D eigenvalue weighted by Crippen LogP contribution is 2.38. The molecule has 0 aliphatic rings. The molecule has 0 radical (unpaired) electrons. The van der Waals surface area contributed by atoms with Gasteiger partial charge < -0.3 is 14.6 Å². The van der Waals surface area contributed by atoms with Crippen molar-refractivity contribution in [3.05, 3.63) is 57.0 Å². The smallest absolute Gasteiger partial charge is 0.139 e. The van der Waals surface area contributed by atoms with Gasteiger partial charge in [0.05, 0.1) is 18.7 Å². The van der Waals surface area contributed by atoms with Gasteiger partial charge in [-0.1, -0.05) is 23.7 Å². The first-order valence-corrected chi connectivity index (χ1v) is 7.09. The maximum atomic E-state index is 10.5. The number of aliphatic hydroxyl groups is 1. The Morgan fingerprint density at radius 1 is 1.10 bits per heavy atom. The largest absolute Gasteiger partial charge is 0.497 e. The highest BCUT2D eigenvalue weighted by atomic mass is 79.9. The molecule has 0 aliphatic heterocycles. The molecular weight excluding hydrogens is 344 g/mol. The number of hydrogen-bond acceptors (Lipinski definition) is 3. The van der Waals surface area contributed by atoms with E-state index in [2.05, 4.69) is 15.9 Å². The van der Waals surface area contributed by atoms with E-state index in [0.717, 1.165) is 11.3 Å². The van der Waals surface area contributed by atoms with Crippen molar-refractivity contribution in [1.82, 2.24) is 0 Å². The van der Waals surface area contributed by atoms with Crippen LogP contribution in [-0.2, 0) is 0 Å². The average molecular weight is 358 g/mol. The van der Waals surface area contributed by atoms with Crippen molar-refractivity contribution < 1.29 is 14.6 Å². The molecule has 2 aromatic carbocycles. The molecule has 0 saturated heterocycles. The Hall–Kier alpha value is -1.23. The summed E-state index contributed by atoms with van der Waals surface area (Å²) in [5.74, 6) is 1.30. The Labute approximate surface area is 131 Å². The molecular formula is C15H14BrClO3. The summed E-state index contributed by atoms with van der Waals surface area (Å²) in [6.45, 7) is 0. The fraction of sp³-hybridized carbons (Fsp3) is 0.200. The lowest BCUT2D eigenvalue weighted by Gasteiger charge is -2.17. The number of aliphatic hydroxyl groups excluding tert-OH is 1. The van der Waals surface area contributed by atoms with Gasteiger partial charge in [-0.15, -0.1) is 0 Å². The van der Waals surface area contributed by atoms with Crippen LogP contribution in [0.4, 0.5) is 0 Å². The molecule has 20 heavy (non-hydrogen) atoms. The third kappa shape index (κ3) is 3.08. The predicted molar refractivity (Wildman–Crippen MR) is 82.8 cm³/mol. The van der Waals surface area contributed by atoms with Crippen LogP contribution in [0.1, 0.15) is 17.2 Å². The van der Waals surface area contributed by atoms with Crippen LogP contribution in [-0.4, -0.2) is 19.3 Å². The Morgan fingerprint density at radius 2 is 1.75 bits per heavy atom. The lowest BCUT2D eigenvalue weighted by Crippen LogP contribution is -2.03. The second kappa shape index (κ2) is 6.48. The molecule has 0 aromatic heterocycles.